The lowest BCUT2D eigenvalue weighted by atomic mass is 10.0. The predicted octanol–water partition coefficient (Wildman–Crippen LogP) is 3.28. The number of hydrogen-bond acceptors (Lipinski definition) is 6. The van der Waals surface area contributed by atoms with Crippen molar-refractivity contribution >= 4 is 29.3 Å². The molecule has 0 bridgehead atoms. The summed E-state index contributed by atoms with van der Waals surface area (Å²) in [6, 6.07) is 9.62. The Bertz CT molecular complexity index is 1040. The number of carbonyl (C=O) groups is 2. The third kappa shape index (κ3) is 5.88. The minimum Gasteiger partial charge on any atom is -0.396 e. The van der Waals surface area contributed by atoms with Crippen molar-refractivity contribution in [1.82, 2.24) is 9.88 Å². The Morgan fingerprint density at radius 2 is 1.94 bits per heavy atom. The number of amides is 1. The van der Waals surface area contributed by atoms with E-state index < -0.39 is 0 Å². The highest BCUT2D eigenvalue weighted by molar-refractivity contribution is 6.05. The van der Waals surface area contributed by atoms with Crippen LogP contribution in [0, 0.1) is 0 Å². The SMILES string of the molecule is CCCN(CCCO)C(=O)C1=Cc2ccc(-c3ccc(CC(C)=O)nc3)cc2N=C(N)C1. The summed E-state index contributed by atoms with van der Waals surface area (Å²) >= 11 is 0. The minimum absolute atomic E-state index is 0.0480. The van der Waals surface area contributed by atoms with Gasteiger partial charge in [-0.25, -0.2) is 4.99 Å². The number of aliphatic hydroxyl groups is 1. The molecule has 0 unspecified atom stereocenters. The van der Waals surface area contributed by atoms with E-state index in [4.69, 9.17) is 10.8 Å². The van der Waals surface area contributed by atoms with Gasteiger partial charge >= 0.3 is 0 Å². The molecule has 32 heavy (non-hydrogen) atoms. The molecule has 0 saturated heterocycles. The van der Waals surface area contributed by atoms with E-state index in [1.165, 1.54) is 0 Å². The fourth-order valence-corrected chi connectivity index (χ4v) is 3.71. The van der Waals surface area contributed by atoms with Gasteiger partial charge in [-0.15, -0.1) is 0 Å². The number of hydrogen-bond donors (Lipinski definition) is 2. The summed E-state index contributed by atoms with van der Waals surface area (Å²) in [5.41, 5.74) is 10.9. The molecule has 1 aliphatic rings. The number of nitrogens with zero attached hydrogens (tertiary/aromatic N) is 3. The van der Waals surface area contributed by atoms with Gasteiger partial charge in [0.2, 0.25) is 5.91 Å². The first kappa shape index (κ1) is 23.3. The van der Waals surface area contributed by atoms with Gasteiger partial charge in [0.15, 0.2) is 0 Å². The zero-order valence-electron chi connectivity index (χ0n) is 18.7. The van der Waals surface area contributed by atoms with E-state index >= 15 is 0 Å². The number of benzene rings is 1. The van der Waals surface area contributed by atoms with Crippen LogP contribution in [0.2, 0.25) is 0 Å². The third-order valence-electron chi connectivity index (χ3n) is 5.23. The van der Waals surface area contributed by atoms with Crippen LogP contribution in [-0.4, -0.2) is 52.2 Å². The van der Waals surface area contributed by atoms with E-state index in [1.54, 1.807) is 18.0 Å². The monoisotopic (exact) mass is 434 g/mol. The molecule has 2 aromatic rings. The fourth-order valence-electron chi connectivity index (χ4n) is 3.71. The quantitative estimate of drug-likeness (QED) is 0.630. The van der Waals surface area contributed by atoms with Crippen molar-refractivity contribution in [2.75, 3.05) is 19.7 Å². The molecule has 0 saturated carbocycles. The minimum atomic E-state index is -0.0689. The molecule has 1 aliphatic heterocycles. The smallest absolute Gasteiger partial charge is 0.250 e. The second-order valence-electron chi connectivity index (χ2n) is 8.01. The van der Waals surface area contributed by atoms with Gasteiger partial charge in [-0.1, -0.05) is 25.1 Å². The Labute approximate surface area is 188 Å². The zero-order chi connectivity index (χ0) is 23.1. The van der Waals surface area contributed by atoms with Crippen molar-refractivity contribution in [1.29, 1.82) is 0 Å². The van der Waals surface area contributed by atoms with Crippen LogP contribution in [-0.2, 0) is 16.0 Å². The van der Waals surface area contributed by atoms with Gasteiger partial charge in [0.05, 0.1) is 5.69 Å². The first-order chi connectivity index (χ1) is 15.4. The Morgan fingerprint density at radius 3 is 2.59 bits per heavy atom. The van der Waals surface area contributed by atoms with Gasteiger partial charge in [-0.3, -0.25) is 14.6 Å². The van der Waals surface area contributed by atoms with Crippen molar-refractivity contribution in [3.8, 4) is 11.1 Å². The van der Waals surface area contributed by atoms with Gasteiger partial charge in [0, 0.05) is 61.1 Å². The number of aliphatic imine (C=N–C) groups is 1. The normalized spacial score (nSPS) is 13.0. The first-order valence-electron chi connectivity index (χ1n) is 10.9. The lowest BCUT2D eigenvalue weighted by Gasteiger charge is -2.23. The van der Waals surface area contributed by atoms with Crippen molar-refractivity contribution in [3.05, 3.63) is 53.4 Å². The molecular weight excluding hydrogens is 404 g/mol. The first-order valence-corrected chi connectivity index (χ1v) is 10.9. The molecule has 2 heterocycles. The molecule has 0 radical (unpaired) electrons. The van der Waals surface area contributed by atoms with E-state index in [1.807, 2.05) is 43.3 Å². The molecule has 3 N–H and O–H groups in total. The average molecular weight is 435 g/mol. The molecule has 168 valence electrons. The van der Waals surface area contributed by atoms with Crippen LogP contribution in [0.3, 0.4) is 0 Å². The predicted molar refractivity (Wildman–Crippen MR) is 127 cm³/mol. The second-order valence-corrected chi connectivity index (χ2v) is 8.01. The number of fused-ring (bicyclic) bond motifs is 1. The molecule has 1 amide bonds. The molecule has 0 fully saturated rings. The Morgan fingerprint density at radius 1 is 1.16 bits per heavy atom. The van der Waals surface area contributed by atoms with E-state index in [0.717, 1.165) is 28.8 Å². The molecular formula is C25H30N4O3. The van der Waals surface area contributed by atoms with Crippen LogP contribution >= 0.6 is 0 Å². The number of Topliss-reactive ketones (excluding diaryl/α,β-unsaturated/α-hetero) is 1. The summed E-state index contributed by atoms with van der Waals surface area (Å²) in [5, 5.41) is 9.16. The van der Waals surface area contributed by atoms with Gasteiger partial charge < -0.3 is 15.7 Å². The van der Waals surface area contributed by atoms with Gasteiger partial charge in [0.25, 0.3) is 0 Å². The number of aliphatic hydroxyl groups excluding tert-OH is 1. The maximum Gasteiger partial charge on any atom is 0.250 e. The molecule has 0 aliphatic carbocycles. The van der Waals surface area contributed by atoms with Crippen LogP contribution in [0.25, 0.3) is 17.2 Å². The lowest BCUT2D eigenvalue weighted by Crippen LogP contribution is -2.35. The largest absolute Gasteiger partial charge is 0.396 e. The second kappa shape index (κ2) is 10.8. The van der Waals surface area contributed by atoms with E-state index in [2.05, 4.69) is 9.98 Å². The van der Waals surface area contributed by atoms with Crippen LogP contribution in [0.15, 0.2) is 47.1 Å². The van der Waals surface area contributed by atoms with Crippen LogP contribution in [0.5, 0.6) is 0 Å². The highest BCUT2D eigenvalue weighted by Crippen LogP contribution is 2.32. The third-order valence-corrected chi connectivity index (χ3v) is 5.23. The summed E-state index contributed by atoms with van der Waals surface area (Å²) in [6.07, 6.45) is 5.59. The molecule has 1 aromatic heterocycles. The molecule has 7 heteroatoms. The van der Waals surface area contributed by atoms with Crippen molar-refractivity contribution in [3.63, 3.8) is 0 Å². The van der Waals surface area contributed by atoms with Crippen molar-refractivity contribution < 1.29 is 14.7 Å². The Balaban J connectivity index is 1.89. The maximum absolute atomic E-state index is 13.1. The topological polar surface area (TPSA) is 109 Å². The van der Waals surface area contributed by atoms with E-state index in [-0.39, 0.29) is 24.7 Å². The van der Waals surface area contributed by atoms with Crippen LogP contribution < -0.4 is 5.73 Å². The Kier molecular flexibility index (Phi) is 7.89. The van der Waals surface area contributed by atoms with Crippen LogP contribution in [0.4, 0.5) is 5.69 Å². The summed E-state index contributed by atoms with van der Waals surface area (Å²) in [5.74, 6) is 0.390. The number of ketones is 1. The summed E-state index contributed by atoms with van der Waals surface area (Å²) < 4.78 is 0. The van der Waals surface area contributed by atoms with Gasteiger partial charge in [-0.05, 0) is 43.5 Å². The number of carbonyl (C=O) groups excluding carboxylic acids is 2. The van der Waals surface area contributed by atoms with E-state index in [0.29, 0.717) is 43.0 Å². The summed E-state index contributed by atoms with van der Waals surface area (Å²) in [7, 11) is 0. The van der Waals surface area contributed by atoms with E-state index in [9.17, 15) is 9.59 Å². The summed E-state index contributed by atoms with van der Waals surface area (Å²) in [4.78, 5) is 35.1. The lowest BCUT2D eigenvalue weighted by molar-refractivity contribution is -0.127. The molecule has 0 spiro atoms. The highest BCUT2D eigenvalue weighted by Gasteiger charge is 2.21. The highest BCUT2D eigenvalue weighted by atomic mass is 16.3. The van der Waals surface area contributed by atoms with Crippen molar-refractivity contribution in [2.45, 2.75) is 39.5 Å². The molecule has 1 aromatic carbocycles. The maximum atomic E-state index is 13.1. The Hall–Kier alpha value is -3.32. The fraction of sp³-hybridized carbons (Fsp3) is 0.360. The number of aromatic nitrogens is 1. The van der Waals surface area contributed by atoms with Gasteiger partial charge in [-0.2, -0.15) is 0 Å². The number of pyridine rings is 1. The number of nitrogens with two attached hydrogens (primary N) is 1. The molecule has 3 rings (SSSR count). The number of rotatable bonds is 9. The standard InChI is InChI=1S/C25H30N4O3/c1-3-9-29(10-4-11-30)25(32)21-13-19-6-5-18(14-23(19)28-24(26)15-21)20-7-8-22(27-16-20)12-17(2)31/h5-8,13-14,16,30H,3-4,9-12,15H2,1-2H3,(H2,26,28). The number of amidine groups is 1. The van der Waals surface area contributed by atoms with Crippen LogP contribution in [0.1, 0.15) is 44.4 Å². The average Bonchev–Trinajstić information content (AvgIpc) is 2.93. The zero-order valence-corrected chi connectivity index (χ0v) is 18.7. The molecule has 0 atom stereocenters. The molecule has 7 nitrogen and oxygen atoms in total. The van der Waals surface area contributed by atoms with Crippen molar-refractivity contribution in [2.24, 2.45) is 10.7 Å². The van der Waals surface area contributed by atoms with Gasteiger partial charge in [0.1, 0.15) is 11.6 Å². The summed E-state index contributed by atoms with van der Waals surface area (Å²) in [6.45, 7) is 4.76.